The average molecular weight is 252 g/mol. The van der Waals surface area contributed by atoms with Crippen molar-refractivity contribution in [1.82, 2.24) is 5.32 Å². The maximum atomic E-state index is 8.68. The molecule has 0 fully saturated rings. The van der Waals surface area contributed by atoms with Gasteiger partial charge in [-0.2, -0.15) is 5.26 Å². The number of nitrogens with one attached hydrogen (secondary N) is 1. The summed E-state index contributed by atoms with van der Waals surface area (Å²) >= 11 is 1.63. The Bertz CT molecular complexity index is 343. The lowest BCUT2D eigenvalue weighted by molar-refractivity contribution is 0.129. The zero-order chi connectivity index (χ0) is 12.3. The van der Waals surface area contributed by atoms with Crippen LogP contribution in [0.5, 0.6) is 0 Å². The molecule has 1 rings (SSSR count). The van der Waals surface area contributed by atoms with Crippen molar-refractivity contribution in [3.63, 3.8) is 0 Å². The SMILES string of the molecule is CCCCOCCCNCc1cc(C#N)cs1. The summed E-state index contributed by atoms with van der Waals surface area (Å²) in [6.45, 7) is 5.70. The third-order valence-corrected chi connectivity index (χ3v) is 3.30. The van der Waals surface area contributed by atoms with Gasteiger partial charge in [-0.15, -0.1) is 11.3 Å². The van der Waals surface area contributed by atoms with Crippen LogP contribution in [0.25, 0.3) is 0 Å². The van der Waals surface area contributed by atoms with Crippen LogP contribution in [0.4, 0.5) is 0 Å². The molecule has 0 saturated heterocycles. The summed E-state index contributed by atoms with van der Waals surface area (Å²) in [6.07, 6.45) is 3.39. The zero-order valence-corrected chi connectivity index (χ0v) is 11.2. The van der Waals surface area contributed by atoms with E-state index in [1.165, 1.54) is 11.3 Å². The van der Waals surface area contributed by atoms with Gasteiger partial charge in [0.2, 0.25) is 0 Å². The van der Waals surface area contributed by atoms with Gasteiger partial charge in [0.25, 0.3) is 0 Å². The summed E-state index contributed by atoms with van der Waals surface area (Å²) in [7, 11) is 0. The number of ether oxygens (including phenoxy) is 1. The second-order valence-electron chi connectivity index (χ2n) is 3.91. The molecule has 1 heterocycles. The summed E-state index contributed by atoms with van der Waals surface area (Å²) < 4.78 is 5.47. The third kappa shape index (κ3) is 6.42. The average Bonchev–Trinajstić information content (AvgIpc) is 2.80. The first-order valence-electron chi connectivity index (χ1n) is 6.12. The van der Waals surface area contributed by atoms with Gasteiger partial charge in [-0.1, -0.05) is 13.3 Å². The van der Waals surface area contributed by atoms with Crippen LogP contribution in [0.15, 0.2) is 11.4 Å². The van der Waals surface area contributed by atoms with Crippen molar-refractivity contribution < 1.29 is 4.74 Å². The largest absolute Gasteiger partial charge is 0.381 e. The number of nitriles is 1. The predicted molar refractivity (Wildman–Crippen MR) is 71.1 cm³/mol. The monoisotopic (exact) mass is 252 g/mol. The van der Waals surface area contributed by atoms with E-state index in [4.69, 9.17) is 10.00 Å². The number of hydrogen-bond acceptors (Lipinski definition) is 4. The summed E-state index contributed by atoms with van der Waals surface area (Å²) in [4.78, 5) is 1.22. The van der Waals surface area contributed by atoms with E-state index in [1.807, 2.05) is 11.4 Å². The predicted octanol–water partition coefficient (Wildman–Crippen LogP) is 2.92. The van der Waals surface area contributed by atoms with Gasteiger partial charge >= 0.3 is 0 Å². The van der Waals surface area contributed by atoms with Crippen molar-refractivity contribution >= 4 is 11.3 Å². The fraction of sp³-hybridized carbons (Fsp3) is 0.615. The topological polar surface area (TPSA) is 45.0 Å². The van der Waals surface area contributed by atoms with Crippen molar-refractivity contribution in [2.24, 2.45) is 0 Å². The molecule has 0 saturated carbocycles. The smallest absolute Gasteiger partial charge is 0.100 e. The highest BCUT2D eigenvalue weighted by Gasteiger charge is 1.98. The van der Waals surface area contributed by atoms with Crippen LogP contribution in [-0.2, 0) is 11.3 Å². The Hall–Kier alpha value is -0.890. The molecule has 0 aliphatic carbocycles. The summed E-state index contributed by atoms with van der Waals surface area (Å²) in [5.74, 6) is 0. The minimum atomic E-state index is 0.759. The highest BCUT2D eigenvalue weighted by molar-refractivity contribution is 7.10. The van der Waals surface area contributed by atoms with E-state index >= 15 is 0 Å². The first kappa shape index (κ1) is 14.2. The van der Waals surface area contributed by atoms with Gasteiger partial charge < -0.3 is 10.1 Å². The van der Waals surface area contributed by atoms with Crippen molar-refractivity contribution in [2.75, 3.05) is 19.8 Å². The second-order valence-corrected chi connectivity index (χ2v) is 4.91. The summed E-state index contributed by atoms with van der Waals surface area (Å²) in [6, 6.07) is 4.08. The lowest BCUT2D eigenvalue weighted by Gasteiger charge is -2.04. The minimum absolute atomic E-state index is 0.759. The van der Waals surface area contributed by atoms with E-state index in [0.29, 0.717) is 0 Å². The van der Waals surface area contributed by atoms with Gasteiger partial charge in [0, 0.05) is 30.0 Å². The highest BCUT2D eigenvalue weighted by Crippen LogP contribution is 2.13. The molecule has 3 nitrogen and oxygen atoms in total. The standard InChI is InChI=1S/C13H20N2OS/c1-2-3-6-16-7-4-5-15-10-13-8-12(9-14)11-17-13/h8,11,15H,2-7,10H2,1H3. The van der Waals surface area contributed by atoms with E-state index in [-0.39, 0.29) is 0 Å². The van der Waals surface area contributed by atoms with Crippen LogP contribution in [0.3, 0.4) is 0 Å². The third-order valence-electron chi connectivity index (χ3n) is 2.37. The van der Waals surface area contributed by atoms with Crippen LogP contribution in [-0.4, -0.2) is 19.8 Å². The molecule has 1 N–H and O–H groups in total. The Morgan fingerprint density at radius 2 is 2.24 bits per heavy atom. The van der Waals surface area contributed by atoms with Crippen LogP contribution in [0.1, 0.15) is 36.6 Å². The molecule has 1 aromatic rings. The Balaban J connectivity index is 1.95. The number of hydrogen-bond donors (Lipinski definition) is 1. The molecular weight excluding hydrogens is 232 g/mol. The molecule has 0 spiro atoms. The van der Waals surface area contributed by atoms with E-state index in [1.54, 1.807) is 11.3 Å². The lowest BCUT2D eigenvalue weighted by Crippen LogP contribution is -2.15. The molecular formula is C13H20N2OS. The van der Waals surface area contributed by atoms with Crippen molar-refractivity contribution in [3.8, 4) is 6.07 Å². The number of rotatable bonds is 9. The first-order valence-corrected chi connectivity index (χ1v) is 7.00. The maximum absolute atomic E-state index is 8.68. The summed E-state index contributed by atoms with van der Waals surface area (Å²) in [5, 5.41) is 13.9. The molecule has 1 aromatic heterocycles. The summed E-state index contributed by atoms with van der Waals surface area (Å²) in [5.41, 5.74) is 0.759. The van der Waals surface area contributed by atoms with Crippen LogP contribution in [0.2, 0.25) is 0 Å². The number of thiophene rings is 1. The van der Waals surface area contributed by atoms with E-state index in [9.17, 15) is 0 Å². The Kier molecular flexibility index (Phi) is 7.65. The van der Waals surface area contributed by atoms with Gasteiger partial charge in [-0.25, -0.2) is 0 Å². The molecule has 4 heteroatoms. The Morgan fingerprint density at radius 1 is 1.41 bits per heavy atom. The molecule has 0 aliphatic rings. The van der Waals surface area contributed by atoms with Gasteiger partial charge in [0.1, 0.15) is 6.07 Å². The molecule has 0 radical (unpaired) electrons. The van der Waals surface area contributed by atoms with Crippen LogP contribution >= 0.6 is 11.3 Å². The molecule has 0 atom stereocenters. The van der Waals surface area contributed by atoms with E-state index < -0.39 is 0 Å². The number of unbranched alkanes of at least 4 members (excludes halogenated alkanes) is 1. The van der Waals surface area contributed by atoms with Gasteiger partial charge in [0.05, 0.1) is 5.56 Å². The molecule has 17 heavy (non-hydrogen) atoms. The normalized spacial score (nSPS) is 10.4. The number of nitrogens with zero attached hydrogens (tertiary/aromatic N) is 1. The van der Waals surface area contributed by atoms with Crippen molar-refractivity contribution in [2.45, 2.75) is 32.7 Å². The molecule has 94 valence electrons. The van der Waals surface area contributed by atoms with Gasteiger partial charge in [0.15, 0.2) is 0 Å². The van der Waals surface area contributed by atoms with Crippen molar-refractivity contribution in [1.29, 1.82) is 5.26 Å². The highest BCUT2D eigenvalue weighted by atomic mass is 32.1. The van der Waals surface area contributed by atoms with Crippen LogP contribution < -0.4 is 5.32 Å². The Morgan fingerprint density at radius 3 is 2.94 bits per heavy atom. The van der Waals surface area contributed by atoms with Gasteiger partial charge in [-0.05, 0) is 25.5 Å². The van der Waals surface area contributed by atoms with Crippen LogP contribution in [0, 0.1) is 11.3 Å². The van der Waals surface area contributed by atoms with Crippen molar-refractivity contribution in [3.05, 3.63) is 21.9 Å². The zero-order valence-electron chi connectivity index (χ0n) is 10.4. The minimum Gasteiger partial charge on any atom is -0.381 e. The first-order chi connectivity index (χ1) is 8.36. The molecule has 0 amide bonds. The second kappa shape index (κ2) is 9.17. The fourth-order valence-corrected chi connectivity index (χ4v) is 2.17. The fourth-order valence-electron chi connectivity index (χ4n) is 1.39. The quantitative estimate of drug-likeness (QED) is 0.687. The van der Waals surface area contributed by atoms with Gasteiger partial charge in [-0.3, -0.25) is 0 Å². The van der Waals surface area contributed by atoms with E-state index in [2.05, 4.69) is 18.3 Å². The maximum Gasteiger partial charge on any atom is 0.100 e. The molecule has 0 aliphatic heterocycles. The Labute approximate surface area is 107 Å². The molecule has 0 bridgehead atoms. The molecule has 0 unspecified atom stereocenters. The van der Waals surface area contributed by atoms with E-state index in [0.717, 1.165) is 44.7 Å². The lowest BCUT2D eigenvalue weighted by atomic mass is 10.3. The molecule has 0 aromatic carbocycles.